The maximum absolute atomic E-state index is 12.2. The van der Waals surface area contributed by atoms with Crippen molar-refractivity contribution in [2.24, 2.45) is 0 Å². The molecule has 1 N–H and O–H groups in total. The Labute approximate surface area is 102 Å². The number of anilines is 1. The second-order valence-corrected chi connectivity index (χ2v) is 4.25. The van der Waals surface area contributed by atoms with Crippen molar-refractivity contribution in [3.8, 4) is 0 Å². The molecule has 1 aliphatic rings. The van der Waals surface area contributed by atoms with Crippen LogP contribution in [0.2, 0.25) is 0 Å². The molecular formula is C12H12F3NO2. The summed E-state index contributed by atoms with van der Waals surface area (Å²) in [5.74, 6) is -1.09. The van der Waals surface area contributed by atoms with Crippen LogP contribution in [0.4, 0.5) is 18.9 Å². The van der Waals surface area contributed by atoms with E-state index in [1.54, 1.807) is 24.3 Å². The summed E-state index contributed by atoms with van der Waals surface area (Å²) in [6.07, 6.45) is -5.03. The normalized spacial score (nSPS) is 18.8. The minimum Gasteiger partial charge on any atom is -0.480 e. The summed E-state index contributed by atoms with van der Waals surface area (Å²) in [7, 11) is 0. The summed E-state index contributed by atoms with van der Waals surface area (Å²) >= 11 is 0. The van der Waals surface area contributed by atoms with Crippen molar-refractivity contribution < 1.29 is 23.1 Å². The molecule has 3 nitrogen and oxygen atoms in total. The molecule has 1 aromatic carbocycles. The van der Waals surface area contributed by atoms with Crippen LogP contribution in [0, 0.1) is 0 Å². The van der Waals surface area contributed by atoms with Crippen molar-refractivity contribution in [1.82, 2.24) is 0 Å². The molecular weight excluding hydrogens is 247 g/mol. The zero-order valence-electron chi connectivity index (χ0n) is 9.44. The van der Waals surface area contributed by atoms with E-state index < -0.39 is 24.6 Å². The first kappa shape index (κ1) is 12.7. The Hall–Kier alpha value is -1.72. The molecule has 1 atom stereocenters. The fourth-order valence-electron chi connectivity index (χ4n) is 2.19. The van der Waals surface area contributed by atoms with Crippen molar-refractivity contribution in [2.45, 2.75) is 25.1 Å². The highest BCUT2D eigenvalue weighted by molar-refractivity contribution is 5.82. The fraction of sp³-hybridized carbons (Fsp3) is 0.417. The van der Waals surface area contributed by atoms with Gasteiger partial charge in [0.25, 0.3) is 0 Å². The van der Waals surface area contributed by atoms with E-state index in [2.05, 4.69) is 0 Å². The van der Waals surface area contributed by atoms with Crippen LogP contribution < -0.4 is 4.90 Å². The summed E-state index contributed by atoms with van der Waals surface area (Å²) in [6.45, 7) is -0.322. The van der Waals surface area contributed by atoms with Gasteiger partial charge in [-0.1, -0.05) is 18.2 Å². The number of carboxylic acid groups (broad SMARTS) is 1. The highest BCUT2D eigenvalue weighted by atomic mass is 19.4. The average molecular weight is 259 g/mol. The third-order valence-electron chi connectivity index (χ3n) is 3.01. The molecule has 0 amide bonds. The highest BCUT2D eigenvalue weighted by Gasteiger charge is 2.36. The van der Waals surface area contributed by atoms with Gasteiger partial charge >= 0.3 is 12.1 Å². The van der Waals surface area contributed by atoms with Crippen molar-refractivity contribution in [1.29, 1.82) is 0 Å². The molecule has 0 saturated heterocycles. The fourth-order valence-corrected chi connectivity index (χ4v) is 2.19. The van der Waals surface area contributed by atoms with Gasteiger partial charge in [-0.05, 0) is 11.6 Å². The summed E-state index contributed by atoms with van der Waals surface area (Å²) in [5, 5.41) is 9.06. The second-order valence-electron chi connectivity index (χ2n) is 4.25. The molecule has 0 aromatic heterocycles. The first-order valence-electron chi connectivity index (χ1n) is 5.52. The first-order chi connectivity index (χ1) is 8.38. The van der Waals surface area contributed by atoms with Crippen molar-refractivity contribution in [2.75, 3.05) is 11.4 Å². The molecule has 18 heavy (non-hydrogen) atoms. The quantitative estimate of drug-likeness (QED) is 0.906. The number of para-hydroxylation sites is 1. The molecule has 0 radical (unpaired) electrons. The topological polar surface area (TPSA) is 40.5 Å². The molecule has 98 valence electrons. The number of hydrogen-bond donors (Lipinski definition) is 1. The first-order valence-corrected chi connectivity index (χ1v) is 5.52. The molecule has 0 aliphatic carbocycles. The molecule has 6 heteroatoms. The average Bonchev–Trinajstić information content (AvgIpc) is 2.64. The maximum Gasteiger partial charge on any atom is 0.390 e. The van der Waals surface area contributed by atoms with Gasteiger partial charge in [-0.3, -0.25) is 0 Å². The van der Waals surface area contributed by atoms with Crippen LogP contribution in [0.25, 0.3) is 0 Å². The monoisotopic (exact) mass is 259 g/mol. The van der Waals surface area contributed by atoms with Crippen molar-refractivity contribution >= 4 is 11.7 Å². The third kappa shape index (κ3) is 2.57. The molecule has 0 saturated carbocycles. The van der Waals surface area contributed by atoms with Gasteiger partial charge in [0.15, 0.2) is 0 Å². The van der Waals surface area contributed by atoms with Crippen LogP contribution >= 0.6 is 0 Å². The van der Waals surface area contributed by atoms with E-state index in [0.29, 0.717) is 5.69 Å². The van der Waals surface area contributed by atoms with Gasteiger partial charge in [-0.2, -0.15) is 13.2 Å². The van der Waals surface area contributed by atoms with Gasteiger partial charge in [-0.25, -0.2) is 4.79 Å². The Morgan fingerprint density at radius 3 is 2.67 bits per heavy atom. The van der Waals surface area contributed by atoms with Gasteiger partial charge in [0, 0.05) is 18.7 Å². The molecule has 2 rings (SSSR count). The largest absolute Gasteiger partial charge is 0.480 e. The lowest BCUT2D eigenvalue weighted by molar-refractivity contribution is -0.140. The number of fused-ring (bicyclic) bond motifs is 1. The lowest BCUT2D eigenvalue weighted by Gasteiger charge is -2.25. The number of carbonyl (C=O) groups is 1. The number of carboxylic acids is 1. The number of hydrogen-bond acceptors (Lipinski definition) is 2. The molecule has 1 heterocycles. The summed E-state index contributed by atoms with van der Waals surface area (Å²) in [6, 6.07) is 5.96. The zero-order valence-corrected chi connectivity index (χ0v) is 9.44. The van der Waals surface area contributed by atoms with Crippen LogP contribution in [-0.2, 0) is 11.2 Å². The summed E-state index contributed by atoms with van der Waals surface area (Å²) in [4.78, 5) is 12.4. The second kappa shape index (κ2) is 4.51. The van der Waals surface area contributed by atoms with Gasteiger partial charge in [0.2, 0.25) is 0 Å². The molecule has 1 aliphatic heterocycles. The van der Waals surface area contributed by atoms with Crippen LogP contribution in [0.1, 0.15) is 12.0 Å². The molecule has 1 unspecified atom stereocenters. The van der Waals surface area contributed by atoms with E-state index in [1.807, 2.05) is 0 Å². The number of nitrogens with zero attached hydrogens (tertiary/aromatic N) is 1. The van der Waals surface area contributed by atoms with Crippen LogP contribution in [-0.4, -0.2) is 29.8 Å². The van der Waals surface area contributed by atoms with Gasteiger partial charge < -0.3 is 10.0 Å². The summed E-state index contributed by atoms with van der Waals surface area (Å²) < 4.78 is 36.7. The zero-order chi connectivity index (χ0) is 13.3. The Kier molecular flexibility index (Phi) is 3.19. The summed E-state index contributed by atoms with van der Waals surface area (Å²) in [5.41, 5.74) is 1.38. The van der Waals surface area contributed by atoms with Gasteiger partial charge in [0.05, 0.1) is 6.42 Å². The van der Waals surface area contributed by atoms with E-state index in [0.717, 1.165) is 5.56 Å². The molecule has 0 spiro atoms. The standard InChI is InChI=1S/C12H12F3NO2/c13-12(14,15)5-6-16-9-4-2-1-3-8(9)7-10(16)11(17)18/h1-4,10H,5-7H2,(H,17,18). The lowest BCUT2D eigenvalue weighted by atomic mass is 10.1. The van der Waals surface area contributed by atoms with Gasteiger partial charge in [0.1, 0.15) is 6.04 Å². The highest BCUT2D eigenvalue weighted by Crippen LogP contribution is 2.33. The van der Waals surface area contributed by atoms with Crippen LogP contribution in [0.5, 0.6) is 0 Å². The van der Waals surface area contributed by atoms with Crippen LogP contribution in [0.15, 0.2) is 24.3 Å². The number of benzene rings is 1. The van der Waals surface area contributed by atoms with E-state index >= 15 is 0 Å². The Balaban J connectivity index is 2.21. The van der Waals surface area contributed by atoms with Crippen LogP contribution in [0.3, 0.4) is 0 Å². The lowest BCUT2D eigenvalue weighted by Crippen LogP contribution is -2.40. The number of rotatable bonds is 3. The Morgan fingerprint density at radius 1 is 1.39 bits per heavy atom. The minimum atomic E-state index is -4.28. The number of alkyl halides is 3. The maximum atomic E-state index is 12.2. The molecule has 0 bridgehead atoms. The minimum absolute atomic E-state index is 0.253. The van der Waals surface area contributed by atoms with Crippen molar-refractivity contribution in [3.63, 3.8) is 0 Å². The van der Waals surface area contributed by atoms with E-state index in [1.165, 1.54) is 4.90 Å². The van der Waals surface area contributed by atoms with Gasteiger partial charge in [-0.15, -0.1) is 0 Å². The van der Waals surface area contributed by atoms with E-state index in [-0.39, 0.29) is 13.0 Å². The number of aliphatic carboxylic acids is 1. The third-order valence-corrected chi connectivity index (χ3v) is 3.01. The van der Waals surface area contributed by atoms with E-state index in [9.17, 15) is 18.0 Å². The Bertz CT molecular complexity index is 459. The molecule has 1 aromatic rings. The predicted molar refractivity (Wildman–Crippen MR) is 59.6 cm³/mol. The van der Waals surface area contributed by atoms with Crippen molar-refractivity contribution in [3.05, 3.63) is 29.8 Å². The smallest absolute Gasteiger partial charge is 0.390 e. The molecule has 0 fully saturated rings. The van der Waals surface area contributed by atoms with E-state index in [4.69, 9.17) is 5.11 Å². The number of halogens is 3. The Morgan fingerprint density at radius 2 is 2.06 bits per heavy atom. The predicted octanol–water partition coefficient (Wildman–Crippen LogP) is 2.45. The SMILES string of the molecule is O=C(O)C1Cc2ccccc2N1CCC(F)(F)F.